The molecular formula is C9H16B. The molecule has 0 aromatic carbocycles. The molecule has 0 N–H and O–H groups in total. The Labute approximate surface area is 64.6 Å². The minimum Gasteiger partial charge on any atom is -0.0772 e. The van der Waals surface area contributed by atoms with Crippen LogP contribution in [-0.4, -0.2) is 7.28 Å². The number of hydrogen-bond donors (Lipinski definition) is 0. The predicted octanol–water partition coefficient (Wildman–Crippen LogP) is 2.88. The van der Waals surface area contributed by atoms with Crippen molar-refractivity contribution < 1.29 is 0 Å². The lowest BCUT2D eigenvalue weighted by Gasteiger charge is -2.14. The zero-order valence-electron chi connectivity index (χ0n) is 6.68. The highest BCUT2D eigenvalue weighted by molar-refractivity contribution is 6.37. The Balaban J connectivity index is 2.01. The molecule has 1 heteroatoms. The van der Waals surface area contributed by atoms with E-state index in [-0.39, 0.29) is 0 Å². The smallest absolute Gasteiger partial charge is 0.0772 e. The van der Waals surface area contributed by atoms with Crippen LogP contribution in [0.5, 0.6) is 0 Å². The van der Waals surface area contributed by atoms with Crippen LogP contribution in [0, 0.1) is 5.92 Å². The van der Waals surface area contributed by atoms with Crippen LogP contribution in [0.3, 0.4) is 0 Å². The summed E-state index contributed by atoms with van der Waals surface area (Å²) in [7, 11) is 2.60. The number of hydrogen-bond acceptors (Lipinski definition) is 0. The van der Waals surface area contributed by atoms with Crippen molar-refractivity contribution in [2.24, 2.45) is 5.92 Å². The molecule has 0 saturated carbocycles. The van der Waals surface area contributed by atoms with Crippen LogP contribution in [0.25, 0.3) is 0 Å². The largest absolute Gasteiger partial charge is 0.113 e. The van der Waals surface area contributed by atoms with E-state index in [4.69, 9.17) is 0 Å². The quantitative estimate of drug-likeness (QED) is 0.448. The van der Waals surface area contributed by atoms with Gasteiger partial charge in [-0.3, -0.25) is 0 Å². The van der Waals surface area contributed by atoms with Gasteiger partial charge in [-0.15, -0.1) is 0 Å². The number of rotatable bonds is 0. The highest BCUT2D eigenvalue weighted by atomic mass is 14.2. The zero-order valence-corrected chi connectivity index (χ0v) is 6.68. The Morgan fingerprint density at radius 2 is 1.60 bits per heavy atom. The van der Waals surface area contributed by atoms with Gasteiger partial charge in [0, 0.05) is 0 Å². The molecule has 2 saturated heterocycles. The Bertz CT molecular complexity index is 89.3. The van der Waals surface area contributed by atoms with Gasteiger partial charge in [0.1, 0.15) is 7.28 Å². The SMILES string of the molecule is [B]1CC2CCCC1CCC2. The molecule has 2 aliphatic rings. The average molecular weight is 135 g/mol. The van der Waals surface area contributed by atoms with E-state index < -0.39 is 0 Å². The molecule has 0 spiro atoms. The summed E-state index contributed by atoms with van der Waals surface area (Å²) in [6.07, 6.45) is 10.5. The van der Waals surface area contributed by atoms with E-state index in [1.807, 2.05) is 0 Å². The summed E-state index contributed by atoms with van der Waals surface area (Å²) in [5.74, 6) is 2.08. The van der Waals surface area contributed by atoms with Crippen molar-refractivity contribution >= 4 is 7.28 Å². The monoisotopic (exact) mass is 135 g/mol. The first-order chi connectivity index (χ1) is 4.95. The predicted molar refractivity (Wildman–Crippen MR) is 45.5 cm³/mol. The Kier molecular flexibility index (Phi) is 2.01. The van der Waals surface area contributed by atoms with Crippen molar-refractivity contribution in [3.63, 3.8) is 0 Å². The van der Waals surface area contributed by atoms with E-state index in [2.05, 4.69) is 7.28 Å². The van der Waals surface area contributed by atoms with Gasteiger partial charge in [0.05, 0.1) is 0 Å². The molecular weight excluding hydrogens is 119 g/mol. The molecule has 55 valence electrons. The molecule has 2 fully saturated rings. The van der Waals surface area contributed by atoms with Crippen molar-refractivity contribution in [3.05, 3.63) is 0 Å². The van der Waals surface area contributed by atoms with Gasteiger partial charge in [-0.2, -0.15) is 0 Å². The van der Waals surface area contributed by atoms with Crippen LogP contribution in [0.2, 0.25) is 12.1 Å². The van der Waals surface area contributed by atoms with Crippen LogP contribution in [0.15, 0.2) is 0 Å². The van der Waals surface area contributed by atoms with E-state index in [0.29, 0.717) is 0 Å². The molecule has 0 atom stereocenters. The maximum absolute atomic E-state index is 2.60. The van der Waals surface area contributed by atoms with Crippen LogP contribution in [0.1, 0.15) is 38.5 Å². The Morgan fingerprint density at radius 3 is 2.30 bits per heavy atom. The summed E-state index contributed by atoms with van der Waals surface area (Å²) in [6, 6.07) is 0. The maximum atomic E-state index is 2.60. The molecule has 0 unspecified atom stereocenters. The van der Waals surface area contributed by atoms with Crippen molar-refractivity contribution in [2.75, 3.05) is 0 Å². The van der Waals surface area contributed by atoms with Crippen LogP contribution >= 0.6 is 0 Å². The fraction of sp³-hybridized carbons (Fsp3) is 1.00. The van der Waals surface area contributed by atoms with E-state index >= 15 is 0 Å². The zero-order chi connectivity index (χ0) is 6.81. The summed E-state index contributed by atoms with van der Waals surface area (Å²) in [6.45, 7) is 0. The molecule has 0 amide bonds. The van der Waals surface area contributed by atoms with Gasteiger partial charge in [-0.05, 0) is 5.92 Å². The van der Waals surface area contributed by atoms with Gasteiger partial charge >= 0.3 is 0 Å². The van der Waals surface area contributed by atoms with Crippen LogP contribution < -0.4 is 0 Å². The topological polar surface area (TPSA) is 0 Å². The lowest BCUT2D eigenvalue weighted by Crippen LogP contribution is -1.98. The third kappa shape index (κ3) is 1.38. The van der Waals surface area contributed by atoms with Crippen LogP contribution in [0.4, 0.5) is 0 Å². The Morgan fingerprint density at radius 1 is 0.900 bits per heavy atom. The van der Waals surface area contributed by atoms with Crippen LogP contribution in [-0.2, 0) is 0 Å². The first-order valence-corrected chi connectivity index (χ1v) is 4.78. The summed E-state index contributed by atoms with van der Waals surface area (Å²) in [4.78, 5) is 0. The summed E-state index contributed by atoms with van der Waals surface area (Å²) in [5.41, 5.74) is 0. The lowest BCUT2D eigenvalue weighted by molar-refractivity contribution is 0.425. The third-order valence-electron chi connectivity index (χ3n) is 3.18. The van der Waals surface area contributed by atoms with E-state index in [0.717, 1.165) is 11.7 Å². The summed E-state index contributed by atoms with van der Waals surface area (Å²) < 4.78 is 0. The van der Waals surface area contributed by atoms with Gasteiger partial charge in [0.15, 0.2) is 0 Å². The van der Waals surface area contributed by atoms with Gasteiger partial charge in [0.25, 0.3) is 0 Å². The molecule has 10 heavy (non-hydrogen) atoms. The highest BCUT2D eigenvalue weighted by Gasteiger charge is 2.22. The first-order valence-electron chi connectivity index (χ1n) is 4.78. The third-order valence-corrected chi connectivity index (χ3v) is 3.18. The Hall–Kier alpha value is 0.0649. The minimum atomic E-state index is 1.01. The maximum Gasteiger partial charge on any atom is 0.113 e. The first kappa shape index (κ1) is 6.76. The average Bonchev–Trinajstić information content (AvgIpc) is 2.17. The summed E-state index contributed by atoms with van der Waals surface area (Å²) in [5, 5.41) is 0. The molecule has 0 aromatic rings. The molecule has 2 heterocycles. The van der Waals surface area contributed by atoms with E-state index in [1.165, 1.54) is 44.8 Å². The molecule has 0 aromatic heterocycles. The second kappa shape index (κ2) is 2.98. The highest BCUT2D eigenvalue weighted by Crippen LogP contribution is 2.36. The molecule has 0 nitrogen and oxygen atoms in total. The second-order valence-corrected chi connectivity index (χ2v) is 3.96. The molecule has 1 radical (unpaired) electrons. The second-order valence-electron chi connectivity index (χ2n) is 3.96. The molecule has 0 aliphatic carbocycles. The summed E-state index contributed by atoms with van der Waals surface area (Å²) >= 11 is 0. The lowest BCUT2D eigenvalue weighted by atomic mass is 9.60. The molecule has 2 bridgehead atoms. The van der Waals surface area contributed by atoms with E-state index in [1.54, 1.807) is 0 Å². The van der Waals surface area contributed by atoms with Crippen molar-refractivity contribution in [2.45, 2.75) is 50.7 Å². The molecule has 2 aliphatic heterocycles. The van der Waals surface area contributed by atoms with Gasteiger partial charge in [-0.1, -0.05) is 50.7 Å². The number of fused-ring (bicyclic) bond motifs is 3. The van der Waals surface area contributed by atoms with Crippen molar-refractivity contribution in [3.8, 4) is 0 Å². The van der Waals surface area contributed by atoms with Crippen molar-refractivity contribution in [1.29, 1.82) is 0 Å². The van der Waals surface area contributed by atoms with Gasteiger partial charge in [0.2, 0.25) is 0 Å². The minimum absolute atomic E-state index is 1.01. The van der Waals surface area contributed by atoms with Crippen molar-refractivity contribution in [1.82, 2.24) is 0 Å². The fourth-order valence-electron chi connectivity index (χ4n) is 2.48. The standard InChI is InChI=1S/C9H16B/c1-3-8-4-2-6-9(5-1)10-7-8/h8-9H,1-7H2. The van der Waals surface area contributed by atoms with Gasteiger partial charge < -0.3 is 0 Å². The molecule has 2 rings (SSSR count). The van der Waals surface area contributed by atoms with Gasteiger partial charge in [-0.25, -0.2) is 0 Å². The van der Waals surface area contributed by atoms with E-state index in [9.17, 15) is 0 Å². The normalized spacial score (nSPS) is 40.0. The fourth-order valence-corrected chi connectivity index (χ4v) is 2.48.